The van der Waals surface area contributed by atoms with Gasteiger partial charge in [0.2, 0.25) is 0 Å². The number of benzene rings is 1. The molecule has 0 spiro atoms. The number of carboxylic acids is 1. The lowest BCUT2D eigenvalue weighted by Crippen LogP contribution is -2.41. The molecule has 21 heavy (non-hydrogen) atoms. The van der Waals surface area contributed by atoms with Gasteiger partial charge in [-0.05, 0) is 31.4 Å². The van der Waals surface area contributed by atoms with Gasteiger partial charge < -0.3 is 10.4 Å². The molecule has 0 heterocycles. The Hall–Kier alpha value is -2.09. The lowest BCUT2D eigenvalue weighted by atomic mass is 10.1. The summed E-state index contributed by atoms with van der Waals surface area (Å²) in [5.74, 6) is -1.35. The van der Waals surface area contributed by atoms with E-state index in [1.165, 1.54) is 36.9 Å². The van der Waals surface area contributed by atoms with Crippen molar-refractivity contribution < 1.29 is 19.6 Å². The van der Waals surface area contributed by atoms with E-state index < -0.39 is 22.8 Å². The van der Waals surface area contributed by atoms with E-state index in [2.05, 4.69) is 5.32 Å². The van der Waals surface area contributed by atoms with Crippen LogP contribution < -0.4 is 5.32 Å². The lowest BCUT2D eigenvalue weighted by molar-refractivity contribution is -0.385. The van der Waals surface area contributed by atoms with Gasteiger partial charge in [-0.1, -0.05) is 12.1 Å². The van der Waals surface area contributed by atoms with Gasteiger partial charge in [0.1, 0.15) is 11.6 Å². The molecule has 7 nitrogen and oxygen atoms in total. The van der Waals surface area contributed by atoms with Crippen molar-refractivity contribution >= 4 is 29.3 Å². The molecule has 0 aliphatic carbocycles. The summed E-state index contributed by atoms with van der Waals surface area (Å²) in [5.41, 5.74) is -0.0805. The first-order valence-electron chi connectivity index (χ1n) is 6.15. The Morgan fingerprint density at radius 3 is 2.67 bits per heavy atom. The highest BCUT2D eigenvalue weighted by atomic mass is 32.2. The van der Waals surface area contributed by atoms with Crippen molar-refractivity contribution in [3.05, 3.63) is 39.4 Å². The number of nitro groups is 1. The van der Waals surface area contributed by atoms with Gasteiger partial charge in [0.15, 0.2) is 0 Å². The molecule has 1 amide bonds. The van der Waals surface area contributed by atoms with Gasteiger partial charge in [-0.3, -0.25) is 14.9 Å². The van der Waals surface area contributed by atoms with Crippen molar-refractivity contribution in [2.75, 3.05) is 12.0 Å². The van der Waals surface area contributed by atoms with Crippen molar-refractivity contribution in [1.29, 1.82) is 0 Å². The number of nitrogens with zero attached hydrogens (tertiary/aromatic N) is 1. The monoisotopic (exact) mass is 312 g/mol. The quantitative estimate of drug-likeness (QED) is 0.587. The minimum atomic E-state index is -1.16. The van der Waals surface area contributed by atoms with Crippen LogP contribution in [0.15, 0.2) is 18.2 Å². The van der Waals surface area contributed by atoms with Crippen LogP contribution in [0.25, 0.3) is 0 Å². The Balaban J connectivity index is 3.00. The van der Waals surface area contributed by atoms with E-state index in [0.29, 0.717) is 11.3 Å². The minimum absolute atomic E-state index is 0.129. The van der Waals surface area contributed by atoms with Crippen LogP contribution in [-0.2, 0) is 4.79 Å². The van der Waals surface area contributed by atoms with Crippen LogP contribution in [0, 0.1) is 17.0 Å². The summed E-state index contributed by atoms with van der Waals surface area (Å²) in [6.45, 7) is 1.53. The largest absolute Gasteiger partial charge is 0.480 e. The molecule has 1 atom stereocenters. The maximum absolute atomic E-state index is 12.1. The van der Waals surface area contributed by atoms with Crippen molar-refractivity contribution in [2.45, 2.75) is 19.4 Å². The van der Waals surface area contributed by atoms with Crippen LogP contribution in [0.1, 0.15) is 22.3 Å². The average Bonchev–Trinajstić information content (AvgIpc) is 2.42. The van der Waals surface area contributed by atoms with Gasteiger partial charge in [0.05, 0.1) is 4.92 Å². The Labute approximate surface area is 125 Å². The van der Waals surface area contributed by atoms with Crippen LogP contribution >= 0.6 is 11.8 Å². The highest BCUT2D eigenvalue weighted by Crippen LogP contribution is 2.23. The Morgan fingerprint density at radius 1 is 1.48 bits per heavy atom. The third-order valence-corrected chi connectivity index (χ3v) is 3.52. The number of hydrogen-bond donors (Lipinski definition) is 2. The first kappa shape index (κ1) is 17.0. The van der Waals surface area contributed by atoms with Gasteiger partial charge in [-0.25, -0.2) is 4.79 Å². The van der Waals surface area contributed by atoms with E-state index in [1.54, 1.807) is 0 Å². The summed E-state index contributed by atoms with van der Waals surface area (Å²) < 4.78 is 0. The summed E-state index contributed by atoms with van der Waals surface area (Å²) in [4.78, 5) is 33.6. The molecule has 0 saturated carbocycles. The van der Waals surface area contributed by atoms with Crippen LogP contribution in [0.4, 0.5) is 5.69 Å². The number of aliphatic carboxylic acids is 1. The summed E-state index contributed by atoms with van der Waals surface area (Å²) in [6, 6.07) is 3.30. The lowest BCUT2D eigenvalue weighted by Gasteiger charge is -2.14. The molecular formula is C13H16N2O5S. The zero-order chi connectivity index (χ0) is 16.0. The van der Waals surface area contributed by atoms with E-state index in [4.69, 9.17) is 5.11 Å². The zero-order valence-corrected chi connectivity index (χ0v) is 12.5. The molecule has 8 heteroatoms. The minimum Gasteiger partial charge on any atom is -0.480 e. The summed E-state index contributed by atoms with van der Waals surface area (Å²) in [6.07, 6.45) is 2.08. The molecule has 0 fully saturated rings. The number of aryl methyl sites for hydroxylation is 1. The van der Waals surface area contributed by atoms with Gasteiger partial charge in [-0.15, -0.1) is 0 Å². The van der Waals surface area contributed by atoms with Gasteiger partial charge in [0, 0.05) is 5.56 Å². The molecule has 114 valence electrons. The summed E-state index contributed by atoms with van der Waals surface area (Å²) >= 11 is 1.46. The van der Waals surface area contributed by atoms with E-state index in [-0.39, 0.29) is 17.7 Å². The number of nitro benzene ring substituents is 1. The second-order valence-corrected chi connectivity index (χ2v) is 5.36. The molecule has 0 saturated heterocycles. The fourth-order valence-corrected chi connectivity index (χ4v) is 2.29. The molecule has 0 bridgehead atoms. The van der Waals surface area contributed by atoms with E-state index in [9.17, 15) is 19.7 Å². The Morgan fingerprint density at radius 2 is 2.14 bits per heavy atom. The molecule has 0 aromatic heterocycles. The second kappa shape index (κ2) is 7.63. The molecule has 2 N–H and O–H groups in total. The fourth-order valence-electron chi connectivity index (χ4n) is 1.81. The molecule has 0 aliphatic rings. The number of carbonyl (C=O) groups is 2. The van der Waals surface area contributed by atoms with Crippen LogP contribution in [-0.4, -0.2) is 40.0 Å². The normalized spacial score (nSPS) is 11.7. The third-order valence-electron chi connectivity index (χ3n) is 2.88. The number of amides is 1. The predicted molar refractivity (Wildman–Crippen MR) is 79.7 cm³/mol. The Kier molecular flexibility index (Phi) is 6.16. The molecule has 1 rings (SSSR count). The van der Waals surface area contributed by atoms with Crippen LogP contribution in [0.3, 0.4) is 0 Å². The van der Waals surface area contributed by atoms with Crippen molar-refractivity contribution in [1.82, 2.24) is 5.32 Å². The third kappa shape index (κ3) is 4.45. The van der Waals surface area contributed by atoms with E-state index >= 15 is 0 Å². The van der Waals surface area contributed by atoms with Crippen LogP contribution in [0.5, 0.6) is 0 Å². The van der Waals surface area contributed by atoms with E-state index in [0.717, 1.165) is 0 Å². The first-order chi connectivity index (χ1) is 9.88. The smallest absolute Gasteiger partial charge is 0.326 e. The number of carbonyl (C=O) groups excluding carboxylic acids is 1. The van der Waals surface area contributed by atoms with Gasteiger partial charge in [0.25, 0.3) is 11.6 Å². The number of hydrogen-bond acceptors (Lipinski definition) is 5. The molecular weight excluding hydrogens is 296 g/mol. The zero-order valence-electron chi connectivity index (χ0n) is 11.7. The SMILES string of the molecule is CSCC[C@@H](NC(=O)c1cccc(C)c1[N+](=O)[O-])C(=O)O. The molecule has 1 aromatic carbocycles. The topological polar surface area (TPSA) is 110 Å². The number of carboxylic acid groups (broad SMARTS) is 1. The van der Waals surface area contributed by atoms with E-state index in [1.807, 2.05) is 6.26 Å². The maximum atomic E-state index is 12.1. The molecule has 1 aromatic rings. The van der Waals surface area contributed by atoms with Gasteiger partial charge in [-0.2, -0.15) is 11.8 Å². The number of thioether (sulfide) groups is 1. The van der Waals surface area contributed by atoms with Crippen molar-refractivity contribution in [3.8, 4) is 0 Å². The van der Waals surface area contributed by atoms with Crippen molar-refractivity contribution in [3.63, 3.8) is 0 Å². The number of rotatable bonds is 7. The summed E-state index contributed by atoms with van der Waals surface area (Å²) in [7, 11) is 0. The molecule has 0 radical (unpaired) electrons. The average molecular weight is 312 g/mol. The van der Waals surface area contributed by atoms with Crippen LogP contribution in [0.2, 0.25) is 0 Å². The maximum Gasteiger partial charge on any atom is 0.326 e. The van der Waals surface area contributed by atoms with Crippen molar-refractivity contribution in [2.24, 2.45) is 0 Å². The highest BCUT2D eigenvalue weighted by molar-refractivity contribution is 7.98. The fraction of sp³-hybridized carbons (Fsp3) is 0.385. The predicted octanol–water partition coefficient (Wildman–Crippen LogP) is 1.84. The molecule has 0 aliphatic heterocycles. The summed E-state index contributed by atoms with van der Waals surface area (Å²) in [5, 5.41) is 22.4. The number of nitrogens with one attached hydrogen (secondary N) is 1. The highest BCUT2D eigenvalue weighted by Gasteiger charge is 2.26. The van der Waals surface area contributed by atoms with Gasteiger partial charge >= 0.3 is 5.97 Å². The number of para-hydroxylation sites is 1. The standard InChI is InChI=1S/C13H16N2O5S/c1-8-4-3-5-9(11(8)15(19)20)12(16)14-10(13(17)18)6-7-21-2/h3-5,10H,6-7H2,1-2H3,(H,14,16)(H,17,18)/t10-/m1/s1. The first-order valence-corrected chi connectivity index (χ1v) is 7.54. The second-order valence-electron chi connectivity index (χ2n) is 4.37. The Bertz CT molecular complexity index is 561. The molecule has 0 unspecified atom stereocenters.